The normalized spacial score (nSPS) is 36.1. The first kappa shape index (κ1) is 9.49. The Balaban J connectivity index is 2.45. The van der Waals surface area contributed by atoms with Gasteiger partial charge in [-0.25, -0.2) is 4.39 Å². The number of carbonyl (C=O) groups is 1. The van der Waals surface area contributed by atoms with Gasteiger partial charge in [-0.05, 0) is 25.2 Å². The minimum Gasteiger partial charge on any atom is -0.359 e. The van der Waals surface area contributed by atoms with Crippen LogP contribution in [-0.2, 0) is 4.79 Å². The van der Waals surface area contributed by atoms with Crippen LogP contribution in [0.25, 0.3) is 0 Å². The minimum absolute atomic E-state index is 0.0389. The van der Waals surface area contributed by atoms with Crippen LogP contribution in [0.3, 0.4) is 0 Å². The van der Waals surface area contributed by atoms with Crippen molar-refractivity contribution in [1.82, 2.24) is 5.32 Å². The Bertz CT molecular complexity index is 172. The smallest absolute Gasteiger partial charge is 0.222 e. The monoisotopic (exact) mass is 173 g/mol. The van der Waals surface area contributed by atoms with Crippen molar-refractivity contribution < 1.29 is 9.18 Å². The second kappa shape index (κ2) is 3.87. The largest absolute Gasteiger partial charge is 0.359 e. The molecule has 3 unspecified atom stereocenters. The highest BCUT2D eigenvalue weighted by atomic mass is 19.1. The summed E-state index contributed by atoms with van der Waals surface area (Å²) in [5.41, 5.74) is 0. The summed E-state index contributed by atoms with van der Waals surface area (Å²) in [6.45, 7) is 1.87. The molecular formula is C9H16FNO. The van der Waals surface area contributed by atoms with Gasteiger partial charge < -0.3 is 5.32 Å². The summed E-state index contributed by atoms with van der Waals surface area (Å²) in [5, 5.41) is 2.61. The van der Waals surface area contributed by atoms with Crippen molar-refractivity contribution >= 4 is 5.91 Å². The summed E-state index contributed by atoms with van der Waals surface area (Å²) in [6.07, 6.45) is 1.23. The average Bonchev–Trinajstić information content (AvgIpc) is 2.08. The molecule has 0 spiro atoms. The number of nitrogens with one attached hydrogen (secondary N) is 1. The zero-order valence-electron chi connectivity index (χ0n) is 7.64. The summed E-state index contributed by atoms with van der Waals surface area (Å²) in [5.74, 6) is 0.145. The molecule has 12 heavy (non-hydrogen) atoms. The van der Waals surface area contributed by atoms with E-state index in [4.69, 9.17) is 0 Å². The maximum Gasteiger partial charge on any atom is 0.222 e. The lowest BCUT2D eigenvalue weighted by molar-refractivity contribution is -0.126. The van der Waals surface area contributed by atoms with Crippen molar-refractivity contribution in [3.63, 3.8) is 0 Å². The third-order valence-electron chi connectivity index (χ3n) is 2.68. The van der Waals surface area contributed by atoms with Gasteiger partial charge in [0.15, 0.2) is 0 Å². The Morgan fingerprint density at radius 2 is 2.17 bits per heavy atom. The third-order valence-corrected chi connectivity index (χ3v) is 2.68. The van der Waals surface area contributed by atoms with Crippen LogP contribution in [0, 0.1) is 11.8 Å². The van der Waals surface area contributed by atoms with Gasteiger partial charge in [-0.15, -0.1) is 0 Å². The molecule has 70 valence electrons. The van der Waals surface area contributed by atoms with Gasteiger partial charge >= 0.3 is 0 Å². The Morgan fingerprint density at radius 1 is 1.50 bits per heavy atom. The molecule has 0 heterocycles. The van der Waals surface area contributed by atoms with Gasteiger partial charge in [0.2, 0.25) is 5.91 Å². The predicted molar refractivity (Wildman–Crippen MR) is 45.5 cm³/mol. The molecule has 1 rings (SSSR count). The number of hydrogen-bond donors (Lipinski definition) is 1. The molecule has 1 saturated carbocycles. The van der Waals surface area contributed by atoms with E-state index in [0.717, 1.165) is 0 Å². The molecule has 1 aliphatic carbocycles. The van der Waals surface area contributed by atoms with Crippen molar-refractivity contribution in [2.75, 3.05) is 7.05 Å². The zero-order valence-corrected chi connectivity index (χ0v) is 7.64. The van der Waals surface area contributed by atoms with Gasteiger partial charge in [0.1, 0.15) is 6.17 Å². The topological polar surface area (TPSA) is 29.1 Å². The second-order valence-corrected chi connectivity index (χ2v) is 3.62. The van der Waals surface area contributed by atoms with Crippen LogP contribution in [0.2, 0.25) is 0 Å². The van der Waals surface area contributed by atoms with Crippen LogP contribution in [-0.4, -0.2) is 19.1 Å². The van der Waals surface area contributed by atoms with E-state index in [1.807, 2.05) is 6.92 Å². The number of hydrogen-bond acceptors (Lipinski definition) is 1. The lowest BCUT2D eigenvalue weighted by atomic mass is 9.81. The fourth-order valence-corrected chi connectivity index (χ4v) is 1.80. The molecule has 3 atom stereocenters. The number of alkyl halides is 1. The number of rotatable bonds is 1. The Morgan fingerprint density at radius 3 is 2.67 bits per heavy atom. The van der Waals surface area contributed by atoms with Crippen LogP contribution < -0.4 is 5.32 Å². The summed E-state index contributed by atoms with van der Waals surface area (Å²) >= 11 is 0. The Hall–Kier alpha value is -0.600. The second-order valence-electron chi connectivity index (χ2n) is 3.62. The summed E-state index contributed by atoms with van der Waals surface area (Å²) < 4.78 is 13.0. The van der Waals surface area contributed by atoms with Crippen molar-refractivity contribution in [3.8, 4) is 0 Å². The maximum absolute atomic E-state index is 13.0. The molecule has 0 bridgehead atoms. The highest BCUT2D eigenvalue weighted by Crippen LogP contribution is 2.30. The molecule has 0 saturated heterocycles. The van der Waals surface area contributed by atoms with Gasteiger partial charge in [0.05, 0.1) is 0 Å². The number of halogens is 1. The Labute approximate surface area is 72.5 Å². The molecule has 3 heteroatoms. The van der Waals surface area contributed by atoms with E-state index >= 15 is 0 Å². The SMILES string of the molecule is CNC(=O)C1CCC(F)C(C)C1. The molecule has 0 aliphatic heterocycles. The molecule has 1 amide bonds. The zero-order chi connectivity index (χ0) is 9.14. The first-order valence-corrected chi connectivity index (χ1v) is 4.50. The molecule has 0 aromatic heterocycles. The van der Waals surface area contributed by atoms with E-state index in [0.29, 0.717) is 19.3 Å². The van der Waals surface area contributed by atoms with Gasteiger partial charge in [0, 0.05) is 13.0 Å². The van der Waals surface area contributed by atoms with Crippen molar-refractivity contribution in [2.45, 2.75) is 32.4 Å². The van der Waals surface area contributed by atoms with Gasteiger partial charge in [-0.1, -0.05) is 6.92 Å². The van der Waals surface area contributed by atoms with E-state index in [-0.39, 0.29) is 17.7 Å². The highest BCUT2D eigenvalue weighted by molar-refractivity contribution is 5.78. The van der Waals surface area contributed by atoms with Gasteiger partial charge in [-0.3, -0.25) is 4.79 Å². The van der Waals surface area contributed by atoms with Crippen LogP contribution >= 0.6 is 0 Å². The molecule has 0 aromatic rings. The van der Waals surface area contributed by atoms with E-state index in [9.17, 15) is 9.18 Å². The standard InChI is InChI=1S/C9H16FNO/c1-6-5-7(9(12)11-2)3-4-8(6)10/h6-8H,3-5H2,1-2H3,(H,11,12). The molecule has 1 fully saturated rings. The third kappa shape index (κ3) is 1.96. The van der Waals surface area contributed by atoms with Gasteiger partial charge in [-0.2, -0.15) is 0 Å². The first-order valence-electron chi connectivity index (χ1n) is 4.50. The number of amides is 1. The average molecular weight is 173 g/mol. The Kier molecular flexibility index (Phi) is 3.06. The van der Waals surface area contributed by atoms with Crippen LogP contribution in [0.5, 0.6) is 0 Å². The minimum atomic E-state index is -0.703. The molecule has 1 N–H and O–H groups in total. The van der Waals surface area contributed by atoms with E-state index in [1.165, 1.54) is 0 Å². The molecular weight excluding hydrogens is 157 g/mol. The molecule has 2 nitrogen and oxygen atoms in total. The molecule has 1 aliphatic rings. The van der Waals surface area contributed by atoms with Crippen LogP contribution in [0.4, 0.5) is 4.39 Å². The lowest BCUT2D eigenvalue weighted by Crippen LogP contribution is -2.34. The molecule has 0 aromatic carbocycles. The molecule has 0 radical (unpaired) electrons. The summed E-state index contributed by atoms with van der Waals surface area (Å²) in [7, 11) is 1.63. The van der Waals surface area contributed by atoms with Gasteiger partial charge in [0.25, 0.3) is 0 Å². The fraction of sp³-hybridized carbons (Fsp3) is 0.889. The van der Waals surface area contributed by atoms with E-state index < -0.39 is 6.17 Å². The summed E-state index contributed by atoms with van der Waals surface area (Å²) in [4.78, 5) is 11.2. The van der Waals surface area contributed by atoms with Crippen molar-refractivity contribution in [1.29, 1.82) is 0 Å². The van der Waals surface area contributed by atoms with Crippen LogP contribution in [0.15, 0.2) is 0 Å². The quantitative estimate of drug-likeness (QED) is 0.639. The van der Waals surface area contributed by atoms with E-state index in [2.05, 4.69) is 5.32 Å². The van der Waals surface area contributed by atoms with Crippen LogP contribution in [0.1, 0.15) is 26.2 Å². The fourth-order valence-electron chi connectivity index (χ4n) is 1.80. The van der Waals surface area contributed by atoms with E-state index in [1.54, 1.807) is 7.05 Å². The predicted octanol–water partition coefficient (Wildman–Crippen LogP) is 1.51. The first-order chi connectivity index (χ1) is 5.65. The summed E-state index contributed by atoms with van der Waals surface area (Å²) in [6, 6.07) is 0. The van der Waals surface area contributed by atoms with Crippen molar-refractivity contribution in [2.24, 2.45) is 11.8 Å². The highest BCUT2D eigenvalue weighted by Gasteiger charge is 2.30. The number of carbonyl (C=O) groups excluding carboxylic acids is 1. The lowest BCUT2D eigenvalue weighted by Gasteiger charge is -2.28. The van der Waals surface area contributed by atoms with Crippen molar-refractivity contribution in [3.05, 3.63) is 0 Å². The maximum atomic E-state index is 13.0.